The van der Waals surface area contributed by atoms with Crippen molar-refractivity contribution in [1.29, 1.82) is 0 Å². The number of piperidine rings is 2. The molecule has 5 rings (SSSR count). The fourth-order valence-electron chi connectivity index (χ4n) is 6.80. The van der Waals surface area contributed by atoms with Gasteiger partial charge >= 0.3 is 18.3 Å². The molecule has 1 unspecified atom stereocenters. The number of fused-ring (bicyclic) bond motifs is 1. The summed E-state index contributed by atoms with van der Waals surface area (Å²) < 4.78 is 19.2. The molecule has 0 aromatic carbocycles. The Bertz CT molecular complexity index is 1530. The zero-order chi connectivity index (χ0) is 36.6. The van der Waals surface area contributed by atoms with E-state index in [0.717, 1.165) is 31.4 Å². The van der Waals surface area contributed by atoms with Crippen LogP contribution in [0.2, 0.25) is 0 Å². The number of rotatable bonds is 6. The van der Waals surface area contributed by atoms with Gasteiger partial charge in [0, 0.05) is 55.4 Å². The highest BCUT2D eigenvalue weighted by Gasteiger charge is 2.40. The molecule has 3 fully saturated rings. The molecular formula is C36H58N8O6. The van der Waals surface area contributed by atoms with Crippen LogP contribution in [0.15, 0.2) is 12.3 Å². The van der Waals surface area contributed by atoms with Crippen molar-refractivity contribution in [3.8, 4) is 0 Å². The molecule has 0 spiro atoms. The maximum atomic E-state index is 14.1. The second kappa shape index (κ2) is 14.4. The van der Waals surface area contributed by atoms with Crippen LogP contribution in [0.3, 0.4) is 0 Å². The zero-order valence-electron chi connectivity index (χ0n) is 31.7. The van der Waals surface area contributed by atoms with Crippen molar-refractivity contribution < 1.29 is 28.6 Å². The number of hydrogen-bond donors (Lipinski definition) is 2. The van der Waals surface area contributed by atoms with Gasteiger partial charge in [-0.2, -0.15) is 9.61 Å². The van der Waals surface area contributed by atoms with Gasteiger partial charge in [0.15, 0.2) is 5.65 Å². The Hall–Kier alpha value is -3.81. The molecule has 50 heavy (non-hydrogen) atoms. The zero-order valence-corrected chi connectivity index (χ0v) is 31.7. The van der Waals surface area contributed by atoms with Gasteiger partial charge in [-0.3, -0.25) is 4.90 Å². The molecule has 14 heteroatoms. The van der Waals surface area contributed by atoms with Gasteiger partial charge in [-0.25, -0.2) is 19.4 Å². The van der Waals surface area contributed by atoms with Crippen LogP contribution in [0.1, 0.15) is 113 Å². The minimum atomic E-state index is -0.740. The maximum absolute atomic E-state index is 14.1. The molecule has 0 radical (unpaired) electrons. The van der Waals surface area contributed by atoms with Gasteiger partial charge in [0.25, 0.3) is 0 Å². The summed E-state index contributed by atoms with van der Waals surface area (Å²) in [5, 5.41) is 11.6. The van der Waals surface area contributed by atoms with Gasteiger partial charge in [-0.15, -0.1) is 0 Å². The van der Waals surface area contributed by atoms with Crippen LogP contribution in [0, 0.1) is 0 Å². The van der Waals surface area contributed by atoms with E-state index in [2.05, 4.69) is 38.3 Å². The second-order valence-corrected chi connectivity index (χ2v) is 16.8. The molecule has 5 heterocycles. The fraction of sp³-hybridized carbons (Fsp3) is 0.750. The Morgan fingerprint density at radius 1 is 1.00 bits per heavy atom. The van der Waals surface area contributed by atoms with E-state index in [0.29, 0.717) is 56.3 Å². The SMILES string of the molecule is CC(C)c1cnn2c(N(C(=O)OC(C)(C)C)C3CCN(C(=O)OC4CCNC4)CC3)cc(N[C@H]3CCC(C)(C)N(C(=O)OC(C)(C)C)C3)nc12. The molecule has 2 N–H and O–H groups in total. The summed E-state index contributed by atoms with van der Waals surface area (Å²) in [6.07, 6.45) is 3.99. The summed E-state index contributed by atoms with van der Waals surface area (Å²) in [6, 6.07) is 1.47. The fourth-order valence-corrected chi connectivity index (χ4v) is 6.80. The molecule has 278 valence electrons. The van der Waals surface area contributed by atoms with E-state index < -0.39 is 17.3 Å². The molecule has 2 aromatic heterocycles. The number of likely N-dealkylation sites (tertiary alicyclic amines) is 2. The van der Waals surface area contributed by atoms with Crippen molar-refractivity contribution in [2.45, 2.75) is 142 Å². The first-order chi connectivity index (χ1) is 23.3. The minimum absolute atomic E-state index is 0.108. The lowest BCUT2D eigenvalue weighted by Gasteiger charge is -2.45. The second-order valence-electron chi connectivity index (χ2n) is 16.8. The lowest BCUT2D eigenvalue weighted by Crippen LogP contribution is -2.57. The molecule has 3 aliphatic heterocycles. The summed E-state index contributed by atoms with van der Waals surface area (Å²) in [7, 11) is 0. The standard InChI is InChI=1S/C36H58N8O6/c1-23(2)27-21-38-44-29(19-28(40-30(27)44)39-24-11-15-36(9,10)42(22-24)32(46)49-34(3,4)5)43(33(47)50-35(6,7)8)25-13-17-41(18-14-25)31(45)48-26-12-16-37-20-26/h19,21,23-26,37H,11-18,20,22H2,1-10H3,(H,39,40)/t24-,26?/m0/s1. The number of ether oxygens (including phenoxy) is 3. The van der Waals surface area contributed by atoms with Gasteiger partial charge < -0.3 is 34.6 Å². The van der Waals surface area contributed by atoms with E-state index in [1.165, 1.54) is 0 Å². The van der Waals surface area contributed by atoms with Gasteiger partial charge in [0.1, 0.15) is 28.9 Å². The number of carbonyl (C=O) groups is 3. The lowest BCUT2D eigenvalue weighted by molar-refractivity contribution is -0.00830. The van der Waals surface area contributed by atoms with E-state index in [1.54, 1.807) is 25.4 Å². The number of carbonyl (C=O) groups excluding carboxylic acids is 3. The first kappa shape index (κ1) is 37.4. The maximum Gasteiger partial charge on any atom is 0.416 e. The van der Waals surface area contributed by atoms with Crippen molar-refractivity contribution in [1.82, 2.24) is 29.7 Å². The van der Waals surface area contributed by atoms with Crippen molar-refractivity contribution in [2.24, 2.45) is 0 Å². The molecular weight excluding hydrogens is 640 g/mol. The van der Waals surface area contributed by atoms with Crippen LogP contribution in [-0.2, 0) is 14.2 Å². The molecule has 14 nitrogen and oxygen atoms in total. The first-order valence-electron chi connectivity index (χ1n) is 18.2. The lowest BCUT2D eigenvalue weighted by atomic mass is 9.88. The molecule has 0 bridgehead atoms. The Kier molecular flexibility index (Phi) is 10.8. The first-order valence-corrected chi connectivity index (χ1v) is 18.2. The van der Waals surface area contributed by atoms with Gasteiger partial charge in [-0.05, 0) is 100.0 Å². The molecule has 0 aliphatic carbocycles. The topological polar surface area (TPSA) is 143 Å². The third-order valence-corrected chi connectivity index (χ3v) is 9.51. The van der Waals surface area contributed by atoms with E-state index in [9.17, 15) is 14.4 Å². The summed E-state index contributed by atoms with van der Waals surface area (Å²) in [5.74, 6) is 1.22. The number of anilines is 2. The Balaban J connectivity index is 1.46. The molecule has 3 amide bonds. The van der Waals surface area contributed by atoms with Crippen molar-refractivity contribution in [3.63, 3.8) is 0 Å². The molecule has 3 saturated heterocycles. The minimum Gasteiger partial charge on any atom is -0.445 e. The van der Waals surface area contributed by atoms with Crippen molar-refractivity contribution in [2.75, 3.05) is 42.9 Å². The Labute approximate surface area is 296 Å². The van der Waals surface area contributed by atoms with E-state index in [1.807, 2.05) is 47.6 Å². The van der Waals surface area contributed by atoms with E-state index >= 15 is 0 Å². The summed E-state index contributed by atoms with van der Waals surface area (Å²) in [4.78, 5) is 50.7. The normalized spacial score (nSPS) is 21.7. The monoisotopic (exact) mass is 698 g/mol. The number of nitrogens with zero attached hydrogens (tertiary/aromatic N) is 6. The van der Waals surface area contributed by atoms with Crippen LogP contribution < -0.4 is 15.5 Å². The van der Waals surface area contributed by atoms with Gasteiger partial charge in [0.2, 0.25) is 0 Å². The Morgan fingerprint density at radius 3 is 2.28 bits per heavy atom. The van der Waals surface area contributed by atoms with Gasteiger partial charge in [-0.1, -0.05) is 13.8 Å². The van der Waals surface area contributed by atoms with Crippen molar-refractivity contribution in [3.05, 3.63) is 17.8 Å². The van der Waals surface area contributed by atoms with Crippen LogP contribution in [-0.4, -0.2) is 110 Å². The summed E-state index contributed by atoms with van der Waals surface area (Å²) >= 11 is 0. The predicted octanol–water partition coefficient (Wildman–Crippen LogP) is 6.15. The third-order valence-electron chi connectivity index (χ3n) is 9.51. The molecule has 0 saturated carbocycles. The van der Waals surface area contributed by atoms with Crippen LogP contribution >= 0.6 is 0 Å². The Morgan fingerprint density at radius 2 is 1.68 bits per heavy atom. The van der Waals surface area contributed by atoms with Gasteiger partial charge in [0.05, 0.1) is 6.20 Å². The van der Waals surface area contributed by atoms with Crippen molar-refractivity contribution >= 4 is 35.6 Å². The predicted molar refractivity (Wildman–Crippen MR) is 192 cm³/mol. The smallest absolute Gasteiger partial charge is 0.416 e. The van der Waals surface area contributed by atoms with Crippen LogP contribution in [0.25, 0.3) is 5.65 Å². The highest BCUT2D eigenvalue weighted by atomic mass is 16.6. The van der Waals surface area contributed by atoms with Crippen LogP contribution in [0.4, 0.5) is 26.0 Å². The average Bonchev–Trinajstić information content (AvgIpc) is 3.67. The highest BCUT2D eigenvalue weighted by molar-refractivity contribution is 5.89. The average molecular weight is 699 g/mol. The quantitative estimate of drug-likeness (QED) is 0.338. The summed E-state index contributed by atoms with van der Waals surface area (Å²) in [6.45, 7) is 22.3. The molecule has 2 aromatic rings. The van der Waals surface area contributed by atoms with E-state index in [-0.39, 0.29) is 41.8 Å². The largest absolute Gasteiger partial charge is 0.445 e. The number of amides is 3. The third kappa shape index (κ3) is 8.91. The summed E-state index contributed by atoms with van der Waals surface area (Å²) in [5.41, 5.74) is -0.144. The molecule has 3 aliphatic rings. The van der Waals surface area contributed by atoms with E-state index in [4.69, 9.17) is 24.3 Å². The number of hydrogen-bond acceptors (Lipinski definition) is 10. The number of nitrogens with one attached hydrogen (secondary N) is 2. The van der Waals surface area contributed by atoms with Crippen LogP contribution in [0.5, 0.6) is 0 Å². The highest BCUT2D eigenvalue weighted by Crippen LogP contribution is 2.34. The number of aromatic nitrogens is 3. The molecule has 2 atom stereocenters.